The molecule has 9 heteroatoms. The molecule has 1 aliphatic rings. The number of nitrogens with two attached hydrogens (primary N) is 2. The zero-order chi connectivity index (χ0) is 16.5. The molecule has 0 amide bonds. The molecule has 1 aliphatic heterocycles. The van der Waals surface area contributed by atoms with Gasteiger partial charge in [0.25, 0.3) is 0 Å². The van der Waals surface area contributed by atoms with Crippen molar-refractivity contribution in [1.29, 1.82) is 0 Å². The number of rotatable bonds is 4. The van der Waals surface area contributed by atoms with Gasteiger partial charge in [0.2, 0.25) is 11.9 Å². The topological polar surface area (TPSA) is 89.2 Å². The van der Waals surface area contributed by atoms with Gasteiger partial charge in [-0.25, -0.2) is 4.99 Å². The van der Waals surface area contributed by atoms with Crippen molar-refractivity contribution in [2.75, 3.05) is 6.61 Å². The normalized spacial score (nSPS) is 17.9. The summed E-state index contributed by atoms with van der Waals surface area (Å²) in [5.74, 6) is 0.347. The van der Waals surface area contributed by atoms with E-state index in [4.69, 9.17) is 39.5 Å². The van der Waals surface area contributed by atoms with E-state index in [2.05, 4.69) is 9.98 Å². The molecule has 128 valence electrons. The molecular formula is C14H20Cl3N5O. The van der Waals surface area contributed by atoms with Gasteiger partial charge in [0, 0.05) is 16.0 Å². The average molecular weight is 381 g/mol. The summed E-state index contributed by atoms with van der Waals surface area (Å²) < 4.78 is 0. The van der Waals surface area contributed by atoms with Crippen LogP contribution >= 0.6 is 35.6 Å². The second kappa shape index (κ2) is 7.57. The predicted octanol–water partition coefficient (Wildman–Crippen LogP) is 3.13. The highest BCUT2D eigenvalue weighted by Crippen LogP contribution is 2.28. The highest BCUT2D eigenvalue weighted by atomic mass is 35.5. The quantitative estimate of drug-likeness (QED) is 0.839. The lowest BCUT2D eigenvalue weighted by Crippen LogP contribution is -2.54. The fourth-order valence-corrected chi connectivity index (χ4v) is 2.79. The molecule has 0 radical (unpaired) electrons. The minimum Gasteiger partial charge on any atom is -0.368 e. The van der Waals surface area contributed by atoms with E-state index < -0.39 is 5.66 Å². The Morgan fingerprint density at radius 3 is 2.52 bits per heavy atom. The monoisotopic (exact) mass is 379 g/mol. The standard InChI is InChI=1S/C14H19Cl2N5O.ClH/c1-8(10-5-4-9(15)6-11(10)16)7-22-21-13(18)19-12(17)20-14(21,2)3;/h4-6,8H,7H2,1-3H3,(H4,17,18,19,20);1H. The molecule has 0 saturated heterocycles. The minimum atomic E-state index is -0.723. The van der Waals surface area contributed by atoms with Crippen molar-refractivity contribution in [3.05, 3.63) is 33.8 Å². The SMILES string of the molecule is CC(CON1C(N)=NC(N)=NC1(C)C)c1ccc(Cl)cc1Cl.Cl. The lowest BCUT2D eigenvalue weighted by molar-refractivity contribution is -0.160. The summed E-state index contributed by atoms with van der Waals surface area (Å²) in [5.41, 5.74) is 11.7. The van der Waals surface area contributed by atoms with Gasteiger partial charge >= 0.3 is 0 Å². The van der Waals surface area contributed by atoms with Gasteiger partial charge in [-0.05, 0) is 31.5 Å². The molecule has 4 N–H and O–H groups in total. The summed E-state index contributed by atoms with van der Waals surface area (Å²) >= 11 is 12.1. The first-order valence-electron chi connectivity index (χ1n) is 6.78. The summed E-state index contributed by atoms with van der Waals surface area (Å²) in [6, 6.07) is 5.39. The van der Waals surface area contributed by atoms with E-state index in [0.717, 1.165) is 5.56 Å². The van der Waals surface area contributed by atoms with Crippen molar-refractivity contribution in [1.82, 2.24) is 5.06 Å². The Hall–Kier alpha value is -1.21. The molecule has 23 heavy (non-hydrogen) atoms. The first-order valence-corrected chi connectivity index (χ1v) is 7.54. The number of hydrogen-bond acceptors (Lipinski definition) is 6. The molecule has 0 bridgehead atoms. The molecule has 0 saturated carbocycles. The van der Waals surface area contributed by atoms with Gasteiger partial charge < -0.3 is 11.5 Å². The van der Waals surface area contributed by atoms with Crippen molar-refractivity contribution in [3.8, 4) is 0 Å². The molecule has 1 unspecified atom stereocenters. The van der Waals surface area contributed by atoms with Gasteiger partial charge in [0.15, 0.2) is 5.66 Å². The van der Waals surface area contributed by atoms with E-state index in [1.165, 1.54) is 5.06 Å². The third-order valence-electron chi connectivity index (χ3n) is 3.27. The zero-order valence-electron chi connectivity index (χ0n) is 13.1. The van der Waals surface area contributed by atoms with E-state index in [9.17, 15) is 0 Å². The molecule has 1 heterocycles. The van der Waals surface area contributed by atoms with Gasteiger partial charge in [-0.15, -0.1) is 12.4 Å². The number of benzene rings is 1. The molecular weight excluding hydrogens is 361 g/mol. The van der Waals surface area contributed by atoms with E-state index in [-0.39, 0.29) is 30.2 Å². The summed E-state index contributed by atoms with van der Waals surface area (Å²) in [6.45, 7) is 6.02. The van der Waals surface area contributed by atoms with Gasteiger partial charge in [0.1, 0.15) is 0 Å². The Bertz CT molecular complexity index is 633. The maximum atomic E-state index is 6.21. The van der Waals surface area contributed by atoms with Crippen LogP contribution in [0, 0.1) is 0 Å². The maximum absolute atomic E-state index is 6.21. The molecule has 0 fully saturated rings. The van der Waals surface area contributed by atoms with Gasteiger partial charge in [-0.3, -0.25) is 4.84 Å². The van der Waals surface area contributed by atoms with Crippen molar-refractivity contribution in [2.45, 2.75) is 32.4 Å². The molecule has 1 aromatic carbocycles. The number of hydroxylamine groups is 2. The highest BCUT2D eigenvalue weighted by Gasteiger charge is 2.33. The molecule has 2 rings (SSSR count). The Balaban J connectivity index is 0.00000264. The second-order valence-electron chi connectivity index (χ2n) is 5.59. The van der Waals surface area contributed by atoms with Crippen LogP contribution in [0.25, 0.3) is 0 Å². The number of aliphatic imine (C=N–C) groups is 2. The first-order chi connectivity index (χ1) is 10.2. The van der Waals surface area contributed by atoms with E-state index in [0.29, 0.717) is 16.7 Å². The van der Waals surface area contributed by atoms with E-state index >= 15 is 0 Å². The van der Waals surface area contributed by atoms with Crippen LogP contribution in [0.4, 0.5) is 0 Å². The van der Waals surface area contributed by atoms with Gasteiger partial charge in [-0.1, -0.05) is 36.2 Å². The van der Waals surface area contributed by atoms with Crippen LogP contribution in [0.1, 0.15) is 32.3 Å². The smallest absolute Gasteiger partial charge is 0.226 e. The van der Waals surface area contributed by atoms with Crippen molar-refractivity contribution in [2.24, 2.45) is 21.5 Å². The van der Waals surface area contributed by atoms with Gasteiger partial charge in [-0.2, -0.15) is 10.1 Å². The van der Waals surface area contributed by atoms with Crippen molar-refractivity contribution in [3.63, 3.8) is 0 Å². The van der Waals surface area contributed by atoms with Crippen LogP contribution in [-0.4, -0.2) is 29.3 Å². The van der Waals surface area contributed by atoms with Crippen LogP contribution < -0.4 is 11.5 Å². The number of nitrogens with zero attached hydrogens (tertiary/aromatic N) is 3. The molecule has 6 nitrogen and oxygen atoms in total. The molecule has 0 aliphatic carbocycles. The van der Waals surface area contributed by atoms with Crippen LogP contribution in [-0.2, 0) is 4.84 Å². The number of guanidine groups is 2. The third kappa shape index (κ3) is 4.64. The molecule has 1 atom stereocenters. The number of hydrogen-bond donors (Lipinski definition) is 2. The fourth-order valence-electron chi connectivity index (χ4n) is 2.20. The molecule has 0 spiro atoms. The number of halogens is 3. The minimum absolute atomic E-state index is 0. The van der Waals surface area contributed by atoms with Gasteiger partial charge in [0.05, 0.1) is 6.61 Å². The van der Waals surface area contributed by atoms with E-state index in [1.807, 2.05) is 26.8 Å². The Kier molecular flexibility index (Phi) is 6.53. The summed E-state index contributed by atoms with van der Waals surface area (Å²) in [6.07, 6.45) is 0. The Morgan fingerprint density at radius 1 is 1.30 bits per heavy atom. The summed E-state index contributed by atoms with van der Waals surface area (Å²) in [5, 5.41) is 2.65. The first kappa shape index (κ1) is 19.8. The summed E-state index contributed by atoms with van der Waals surface area (Å²) in [4.78, 5) is 13.9. The predicted molar refractivity (Wildman–Crippen MR) is 97.2 cm³/mol. The lowest BCUT2D eigenvalue weighted by atomic mass is 10.0. The molecule has 0 aromatic heterocycles. The van der Waals surface area contributed by atoms with Crippen LogP contribution in [0.2, 0.25) is 10.0 Å². The maximum Gasteiger partial charge on any atom is 0.226 e. The highest BCUT2D eigenvalue weighted by molar-refractivity contribution is 6.35. The Morgan fingerprint density at radius 2 is 1.96 bits per heavy atom. The zero-order valence-corrected chi connectivity index (χ0v) is 15.4. The molecule has 1 aromatic rings. The fraction of sp³-hybridized carbons (Fsp3) is 0.429. The second-order valence-corrected chi connectivity index (χ2v) is 6.44. The third-order valence-corrected chi connectivity index (χ3v) is 3.83. The van der Waals surface area contributed by atoms with Crippen molar-refractivity contribution < 1.29 is 4.84 Å². The average Bonchev–Trinajstić information content (AvgIpc) is 2.35. The lowest BCUT2D eigenvalue weighted by Gasteiger charge is -2.37. The Labute approximate surface area is 151 Å². The summed E-state index contributed by atoms with van der Waals surface area (Å²) in [7, 11) is 0. The van der Waals surface area contributed by atoms with Crippen LogP contribution in [0.5, 0.6) is 0 Å². The van der Waals surface area contributed by atoms with Crippen molar-refractivity contribution >= 4 is 47.5 Å². The van der Waals surface area contributed by atoms with E-state index in [1.54, 1.807) is 12.1 Å². The van der Waals surface area contributed by atoms with Crippen LogP contribution in [0.15, 0.2) is 28.2 Å². The largest absolute Gasteiger partial charge is 0.368 e. The van der Waals surface area contributed by atoms with Crippen LogP contribution in [0.3, 0.4) is 0 Å².